The zero-order valence-corrected chi connectivity index (χ0v) is 9.57. The van der Waals surface area contributed by atoms with E-state index < -0.39 is 12.0 Å². The third-order valence-electron chi connectivity index (χ3n) is 2.35. The Morgan fingerprint density at radius 3 is 2.81 bits per heavy atom. The predicted molar refractivity (Wildman–Crippen MR) is 54.0 cm³/mol. The number of carboxylic acid groups (broad SMARTS) is 1. The number of benzene rings is 1. The summed E-state index contributed by atoms with van der Waals surface area (Å²) >= 11 is 0. The average molecular weight is 257 g/mol. The maximum Gasteiger partial charge on any atom is 2.00 e. The van der Waals surface area contributed by atoms with Gasteiger partial charge in [-0.1, -0.05) is 29.8 Å². The second-order valence-electron chi connectivity index (χ2n) is 3.43. The summed E-state index contributed by atoms with van der Waals surface area (Å²) in [5, 5.41) is 11.5. The Hall–Kier alpha value is -1.29. The van der Waals surface area contributed by atoms with Gasteiger partial charge in [-0.25, -0.2) is 0 Å². The summed E-state index contributed by atoms with van der Waals surface area (Å²) in [5.41, 5.74) is 7.12. The minimum absolute atomic E-state index is 0. The summed E-state index contributed by atoms with van der Waals surface area (Å²) in [4.78, 5) is 14.7. The van der Waals surface area contributed by atoms with Gasteiger partial charge in [0, 0.05) is 6.04 Å². The minimum Gasteiger partial charge on any atom is -0.663 e. The van der Waals surface area contributed by atoms with Gasteiger partial charge in [-0.05, 0) is 11.8 Å². The number of nitrogens with two attached hydrogens (primary N) is 1. The molecule has 1 heterocycles. The van der Waals surface area contributed by atoms with Gasteiger partial charge in [0.2, 0.25) is 0 Å². The topological polar surface area (TPSA) is 80.2 Å². The van der Waals surface area contributed by atoms with Gasteiger partial charge in [-0.15, -0.1) is 5.52 Å². The molecule has 0 spiro atoms. The molecule has 5 heteroatoms. The Morgan fingerprint density at radius 1 is 1.44 bits per heavy atom. The van der Waals surface area contributed by atoms with E-state index in [1.165, 1.54) is 0 Å². The molecule has 83 valence electrons. The van der Waals surface area contributed by atoms with Crippen LogP contribution in [-0.4, -0.2) is 12.0 Å². The molecule has 0 saturated heterocycles. The van der Waals surface area contributed by atoms with Gasteiger partial charge < -0.3 is 20.6 Å². The molecule has 2 aromatic rings. The van der Waals surface area contributed by atoms with Crippen LogP contribution in [0.3, 0.4) is 0 Å². The second-order valence-corrected chi connectivity index (χ2v) is 3.43. The van der Waals surface area contributed by atoms with E-state index in [1.807, 2.05) is 24.3 Å². The summed E-state index contributed by atoms with van der Waals surface area (Å²) in [6.45, 7) is 0. The quantitative estimate of drug-likeness (QED) is 0.745. The van der Waals surface area contributed by atoms with Crippen LogP contribution < -0.4 is 15.8 Å². The standard InChI is InChI=1S/C11H11N2O2.Mn/c12-9(11(14)15)5-7-6-13-10-4-2-1-3-8(7)10;/h1-4,6,9H,5,12H2,(H,14,15);/q-1;+2/p-1. The van der Waals surface area contributed by atoms with Crippen molar-refractivity contribution in [2.75, 3.05) is 0 Å². The van der Waals surface area contributed by atoms with Crippen molar-refractivity contribution in [2.45, 2.75) is 12.5 Å². The van der Waals surface area contributed by atoms with Crippen molar-refractivity contribution in [2.24, 2.45) is 5.73 Å². The number of para-hydroxylation sites is 1. The largest absolute Gasteiger partial charge is 2.00 e. The fourth-order valence-corrected chi connectivity index (χ4v) is 1.56. The number of fused-ring (bicyclic) bond motifs is 1. The van der Waals surface area contributed by atoms with Gasteiger partial charge in [0.05, 0.1) is 5.97 Å². The molecule has 1 unspecified atom stereocenters. The van der Waals surface area contributed by atoms with Crippen LogP contribution in [0.15, 0.2) is 30.5 Å². The smallest absolute Gasteiger partial charge is 0.663 e. The van der Waals surface area contributed by atoms with Crippen molar-refractivity contribution in [3.63, 3.8) is 0 Å². The van der Waals surface area contributed by atoms with E-state index in [4.69, 9.17) is 5.73 Å². The molecule has 2 rings (SSSR count). The molecule has 0 saturated carbocycles. The number of nitrogens with zero attached hydrogens (tertiary/aromatic N) is 1. The second kappa shape index (κ2) is 5.16. The monoisotopic (exact) mass is 257 g/mol. The molecule has 0 aliphatic rings. The first-order valence-electron chi connectivity index (χ1n) is 4.64. The predicted octanol–water partition coefficient (Wildman–Crippen LogP) is -0.586. The molecule has 1 aromatic heterocycles. The van der Waals surface area contributed by atoms with Crippen molar-refractivity contribution in [3.8, 4) is 0 Å². The molecule has 1 radical (unpaired) electrons. The molecule has 0 amide bonds. The van der Waals surface area contributed by atoms with Crippen molar-refractivity contribution >= 4 is 16.9 Å². The van der Waals surface area contributed by atoms with Gasteiger partial charge in [0.1, 0.15) is 0 Å². The number of hydrogen-bond donors (Lipinski definition) is 1. The number of rotatable bonds is 3. The molecule has 0 aliphatic heterocycles. The average Bonchev–Trinajstić information content (AvgIpc) is 2.62. The van der Waals surface area contributed by atoms with Crippen LogP contribution in [0.4, 0.5) is 0 Å². The van der Waals surface area contributed by atoms with Gasteiger partial charge in [-0.3, -0.25) is 0 Å². The molecule has 0 aliphatic carbocycles. The molecule has 16 heavy (non-hydrogen) atoms. The van der Waals surface area contributed by atoms with Gasteiger partial charge in [-0.2, -0.15) is 6.20 Å². The van der Waals surface area contributed by atoms with E-state index in [9.17, 15) is 9.90 Å². The van der Waals surface area contributed by atoms with Crippen LogP contribution in [0, 0.1) is 0 Å². The van der Waals surface area contributed by atoms with Crippen LogP contribution in [0.1, 0.15) is 5.56 Å². The first-order valence-corrected chi connectivity index (χ1v) is 4.64. The van der Waals surface area contributed by atoms with E-state index in [1.54, 1.807) is 6.20 Å². The number of aromatic nitrogens is 1. The number of carbonyl (C=O) groups excluding carboxylic acids is 1. The summed E-state index contributed by atoms with van der Waals surface area (Å²) in [5.74, 6) is -1.24. The van der Waals surface area contributed by atoms with Gasteiger partial charge in [0.25, 0.3) is 0 Å². The van der Waals surface area contributed by atoms with E-state index in [-0.39, 0.29) is 23.5 Å². The first-order chi connectivity index (χ1) is 7.18. The zero-order chi connectivity index (χ0) is 10.8. The SMILES string of the molecule is NC(Cc1c[n-]c2ccccc12)C(=O)[O-].[Mn+2]. The van der Waals surface area contributed by atoms with E-state index >= 15 is 0 Å². The Balaban J connectivity index is 0.00000128. The van der Waals surface area contributed by atoms with Crippen LogP contribution in [0.5, 0.6) is 0 Å². The number of hydrogen-bond acceptors (Lipinski definition) is 3. The van der Waals surface area contributed by atoms with E-state index in [0.29, 0.717) is 0 Å². The normalized spacial score (nSPS) is 12.1. The summed E-state index contributed by atoms with van der Waals surface area (Å²) in [6, 6.07) is 6.58. The summed E-state index contributed by atoms with van der Waals surface area (Å²) in [7, 11) is 0. The minimum atomic E-state index is -1.24. The molecule has 1 atom stereocenters. The summed E-state index contributed by atoms with van der Waals surface area (Å²) < 4.78 is 0. The van der Waals surface area contributed by atoms with Crippen LogP contribution in [-0.2, 0) is 28.3 Å². The third kappa shape index (κ3) is 2.44. The number of aliphatic carboxylic acids is 1. The maximum absolute atomic E-state index is 10.5. The molecule has 1 aromatic carbocycles. The van der Waals surface area contributed by atoms with E-state index in [0.717, 1.165) is 16.5 Å². The fourth-order valence-electron chi connectivity index (χ4n) is 1.56. The van der Waals surface area contributed by atoms with E-state index in [2.05, 4.69) is 4.98 Å². The Labute approximate surface area is 103 Å². The third-order valence-corrected chi connectivity index (χ3v) is 2.35. The van der Waals surface area contributed by atoms with Crippen LogP contribution in [0.2, 0.25) is 0 Å². The van der Waals surface area contributed by atoms with Crippen molar-refractivity contribution in [3.05, 3.63) is 36.0 Å². The van der Waals surface area contributed by atoms with Gasteiger partial charge in [0.15, 0.2) is 0 Å². The molecule has 0 fully saturated rings. The first kappa shape index (κ1) is 12.8. The number of carbonyl (C=O) groups is 1. The van der Waals surface area contributed by atoms with Gasteiger partial charge >= 0.3 is 17.1 Å². The molecule has 0 bridgehead atoms. The fraction of sp³-hybridized carbons (Fsp3) is 0.182. The zero-order valence-electron chi connectivity index (χ0n) is 8.39. The Kier molecular flexibility index (Phi) is 4.12. The number of carboxylic acids is 1. The van der Waals surface area contributed by atoms with Crippen LogP contribution >= 0.6 is 0 Å². The molecular weight excluding hydrogens is 247 g/mol. The Morgan fingerprint density at radius 2 is 2.12 bits per heavy atom. The van der Waals surface area contributed by atoms with Crippen molar-refractivity contribution < 1.29 is 27.0 Å². The molecular formula is C11H10MnN2O2. The maximum atomic E-state index is 10.5. The summed E-state index contributed by atoms with van der Waals surface area (Å²) in [6.07, 6.45) is 1.91. The molecule has 2 N–H and O–H groups in total. The van der Waals surface area contributed by atoms with Crippen molar-refractivity contribution in [1.82, 2.24) is 4.98 Å². The van der Waals surface area contributed by atoms with Crippen LogP contribution in [0.25, 0.3) is 10.9 Å². The molecule has 4 nitrogen and oxygen atoms in total. The van der Waals surface area contributed by atoms with Crippen molar-refractivity contribution in [1.29, 1.82) is 0 Å². The Bertz CT molecular complexity index is 495.